The zero-order valence-corrected chi connectivity index (χ0v) is 25.0. The van der Waals surface area contributed by atoms with Gasteiger partial charge in [0.2, 0.25) is 11.6 Å². The first-order valence-corrected chi connectivity index (χ1v) is 16.2. The maximum atomic E-state index is 14.6. The molecule has 222 valence electrons. The molecule has 9 heteroatoms. The van der Waals surface area contributed by atoms with E-state index in [1.807, 2.05) is 6.34 Å². The van der Waals surface area contributed by atoms with Crippen LogP contribution in [0.5, 0.6) is 0 Å². The van der Waals surface area contributed by atoms with Gasteiger partial charge in [-0.25, -0.2) is 9.66 Å². The molecule has 6 aliphatic heterocycles. The highest BCUT2D eigenvalue weighted by Gasteiger charge is 2.56. The standard InChI is InChI=1S/C33H43N7O2/c1-21(2)39-20-35-28-17-27(36-31(34)30(28)39)22-6-7-26-29(14-22)40(24-15-23(16-24)37-10-4-3-5-11-37)32(41)33(26)8-12-38(13-9-33)25-18-42-19-25/h6-7,14,17,20-21,23-25,30,34H,3-5,8-13,15-16,18-19H2,1-2H3/p+1. The van der Waals surface area contributed by atoms with Crippen molar-refractivity contribution in [3.63, 3.8) is 0 Å². The van der Waals surface area contributed by atoms with Gasteiger partial charge in [0.05, 0.1) is 36.7 Å². The van der Waals surface area contributed by atoms with Crippen molar-refractivity contribution in [2.24, 2.45) is 10.7 Å². The summed E-state index contributed by atoms with van der Waals surface area (Å²) in [5, 5.41) is 0. The molecule has 1 atom stereocenters. The predicted molar refractivity (Wildman–Crippen MR) is 166 cm³/mol. The average Bonchev–Trinajstić information content (AvgIpc) is 3.48. The van der Waals surface area contributed by atoms with Crippen LogP contribution < -0.4 is 15.3 Å². The maximum Gasteiger partial charge on any atom is 0.370 e. The van der Waals surface area contributed by atoms with Gasteiger partial charge >= 0.3 is 5.84 Å². The van der Waals surface area contributed by atoms with Gasteiger partial charge in [-0.1, -0.05) is 12.5 Å². The molecular weight excluding hydrogens is 526 g/mol. The summed E-state index contributed by atoms with van der Waals surface area (Å²) >= 11 is 0. The number of benzene rings is 1. The number of fused-ring (bicyclic) bond motifs is 3. The summed E-state index contributed by atoms with van der Waals surface area (Å²) in [6.07, 6.45) is 11.8. The Morgan fingerprint density at radius 3 is 2.43 bits per heavy atom. The van der Waals surface area contributed by atoms with Crippen LogP contribution >= 0.6 is 0 Å². The molecule has 1 spiro atoms. The number of anilines is 1. The van der Waals surface area contributed by atoms with Gasteiger partial charge < -0.3 is 19.4 Å². The van der Waals surface area contributed by atoms with Gasteiger partial charge in [0.25, 0.3) is 0 Å². The number of amides is 1. The van der Waals surface area contributed by atoms with E-state index in [0.29, 0.717) is 23.8 Å². The fourth-order valence-corrected chi connectivity index (χ4v) is 8.45. The Hall–Kier alpha value is -2.97. The van der Waals surface area contributed by atoms with Crippen molar-refractivity contribution in [2.45, 2.75) is 94.4 Å². The second-order valence-electron chi connectivity index (χ2n) is 13.8. The molecule has 1 aromatic rings. The lowest BCUT2D eigenvalue weighted by atomic mass is 9.73. The van der Waals surface area contributed by atoms with Gasteiger partial charge in [-0.15, -0.1) is 0 Å². The molecule has 0 bridgehead atoms. The zero-order chi connectivity index (χ0) is 28.6. The topological polar surface area (TPSA) is 91.7 Å². The summed E-state index contributed by atoms with van der Waals surface area (Å²) in [4.78, 5) is 28.9. The van der Waals surface area contributed by atoms with Gasteiger partial charge in [0.15, 0.2) is 6.04 Å². The van der Waals surface area contributed by atoms with E-state index in [1.54, 1.807) is 0 Å². The first-order valence-electron chi connectivity index (χ1n) is 16.2. The molecule has 7 aliphatic rings. The van der Waals surface area contributed by atoms with E-state index in [1.165, 1.54) is 37.9 Å². The number of nitrogens with two attached hydrogens (primary N) is 1. The number of carbonyl (C=O) groups excluding carboxylic acids is 1. The first-order chi connectivity index (χ1) is 20.4. The zero-order valence-electron chi connectivity index (χ0n) is 25.0. The third-order valence-electron chi connectivity index (χ3n) is 11.2. The van der Waals surface area contributed by atoms with Crippen LogP contribution in [-0.4, -0.2) is 108 Å². The van der Waals surface area contributed by atoms with Crippen LogP contribution in [0.3, 0.4) is 0 Å². The minimum atomic E-state index is -0.429. The smallest absolute Gasteiger partial charge is 0.370 e. The van der Waals surface area contributed by atoms with Gasteiger partial charge in [0.1, 0.15) is 0 Å². The van der Waals surface area contributed by atoms with E-state index in [9.17, 15) is 4.79 Å². The fraction of sp³-hybridized carbons (Fsp3) is 0.636. The number of allylic oxidation sites excluding steroid dienone is 1. The molecule has 3 saturated heterocycles. The minimum Gasteiger partial charge on any atom is -0.378 e. The number of aliphatic imine (C=N–C) groups is 1. The Labute approximate surface area is 248 Å². The van der Waals surface area contributed by atoms with Crippen LogP contribution in [0.2, 0.25) is 0 Å². The summed E-state index contributed by atoms with van der Waals surface area (Å²) < 4.78 is 10.4. The van der Waals surface area contributed by atoms with Crippen LogP contribution in [0.4, 0.5) is 5.69 Å². The number of piperidine rings is 2. The molecular formula is C33H44N7O2+. The number of rotatable bonds is 5. The lowest BCUT2D eigenvalue weighted by molar-refractivity contribution is -0.128. The number of nitrogens with zero attached hydrogens (tertiary/aromatic N) is 6. The summed E-state index contributed by atoms with van der Waals surface area (Å²) in [5.74, 6) is 0.901. The SMILES string of the molecule is CC(C)N1C=NC2=CC(c3ccc4c(c3)N(C3CC(N5CCCCC5)C3)C(=O)C43CCN(C4COC4)CC3)=[N+]=C(N)C21. The summed E-state index contributed by atoms with van der Waals surface area (Å²) in [5.41, 5.74) is 11.2. The quantitative estimate of drug-likeness (QED) is 0.545. The molecule has 4 fully saturated rings. The van der Waals surface area contributed by atoms with Crippen molar-refractivity contribution in [2.75, 3.05) is 44.3 Å². The Morgan fingerprint density at radius 1 is 1.00 bits per heavy atom. The molecule has 9 nitrogen and oxygen atoms in total. The number of amidine groups is 1. The summed E-state index contributed by atoms with van der Waals surface area (Å²) in [7, 11) is 0. The average molecular weight is 571 g/mol. The number of ether oxygens (including phenoxy) is 1. The highest BCUT2D eigenvalue weighted by molar-refractivity contribution is 6.16. The summed E-state index contributed by atoms with van der Waals surface area (Å²) in [6.45, 7) is 10.3. The molecule has 1 amide bonds. The number of hydrogen-bond acceptors (Lipinski definition) is 7. The molecule has 0 aromatic heterocycles. The van der Waals surface area contributed by atoms with Crippen LogP contribution in [0, 0.1) is 0 Å². The molecule has 0 radical (unpaired) electrons. The van der Waals surface area contributed by atoms with Crippen LogP contribution in [0.1, 0.15) is 69.9 Å². The summed E-state index contributed by atoms with van der Waals surface area (Å²) in [6, 6.07) is 8.19. The van der Waals surface area contributed by atoms with Gasteiger partial charge in [-0.2, -0.15) is 0 Å². The van der Waals surface area contributed by atoms with Crippen molar-refractivity contribution < 1.29 is 9.53 Å². The molecule has 1 aromatic carbocycles. The molecule has 1 aliphatic carbocycles. The molecule has 1 saturated carbocycles. The molecule has 42 heavy (non-hydrogen) atoms. The lowest BCUT2D eigenvalue weighted by Gasteiger charge is -2.48. The van der Waals surface area contributed by atoms with Crippen LogP contribution in [-0.2, 0) is 14.9 Å². The second-order valence-corrected chi connectivity index (χ2v) is 13.8. The third kappa shape index (κ3) is 4.04. The van der Waals surface area contributed by atoms with Gasteiger partial charge in [0, 0.05) is 35.5 Å². The van der Waals surface area contributed by atoms with Crippen molar-refractivity contribution in [3.8, 4) is 0 Å². The highest BCUT2D eigenvalue weighted by Crippen LogP contribution is 2.51. The van der Waals surface area contributed by atoms with E-state index in [0.717, 1.165) is 74.6 Å². The van der Waals surface area contributed by atoms with Gasteiger partial charge in [-0.05, 0) is 96.2 Å². The van der Waals surface area contributed by atoms with E-state index in [4.69, 9.17) is 15.1 Å². The number of carbonyl (C=O) groups is 1. The lowest BCUT2D eigenvalue weighted by Crippen LogP contribution is -2.59. The second kappa shape index (κ2) is 10.1. The number of likely N-dealkylation sites (tertiary alicyclic amines) is 2. The molecule has 2 N–H and O–H groups in total. The maximum absolute atomic E-state index is 14.6. The van der Waals surface area contributed by atoms with Crippen LogP contribution in [0.15, 0.2) is 35.0 Å². The molecule has 6 heterocycles. The Morgan fingerprint density at radius 2 is 1.74 bits per heavy atom. The van der Waals surface area contributed by atoms with E-state index in [-0.39, 0.29) is 18.1 Å². The van der Waals surface area contributed by atoms with Crippen molar-refractivity contribution >= 4 is 29.5 Å². The van der Waals surface area contributed by atoms with E-state index < -0.39 is 5.41 Å². The molecule has 1 unspecified atom stereocenters. The molecule has 8 rings (SSSR count). The van der Waals surface area contributed by atoms with E-state index >= 15 is 0 Å². The predicted octanol–water partition coefficient (Wildman–Crippen LogP) is 2.01. The first kappa shape index (κ1) is 26.6. The monoisotopic (exact) mass is 570 g/mol. The Balaban J connectivity index is 1.13. The Kier molecular flexibility index (Phi) is 6.38. The normalized spacial score (nSPS) is 31.1. The van der Waals surface area contributed by atoms with Crippen LogP contribution in [0.25, 0.3) is 0 Å². The van der Waals surface area contributed by atoms with Crippen molar-refractivity contribution in [1.29, 1.82) is 0 Å². The Bertz CT molecular complexity index is 1400. The number of hydrogen-bond donors (Lipinski definition) is 1. The third-order valence-corrected chi connectivity index (χ3v) is 11.2. The van der Waals surface area contributed by atoms with E-state index in [2.05, 4.69) is 62.7 Å². The highest BCUT2D eigenvalue weighted by atomic mass is 16.5. The van der Waals surface area contributed by atoms with Crippen molar-refractivity contribution in [3.05, 3.63) is 41.1 Å². The largest absolute Gasteiger partial charge is 0.378 e. The fourth-order valence-electron chi connectivity index (χ4n) is 8.45. The van der Waals surface area contributed by atoms with Gasteiger partial charge in [-0.3, -0.25) is 15.4 Å². The minimum absolute atomic E-state index is 0.0996. The van der Waals surface area contributed by atoms with Crippen molar-refractivity contribution in [1.82, 2.24) is 19.4 Å².